The zero-order valence-electron chi connectivity index (χ0n) is 18.5. The Balaban J connectivity index is 1.76. The van der Waals surface area contributed by atoms with Crippen LogP contribution in [0.2, 0.25) is 0 Å². The lowest BCUT2D eigenvalue weighted by Crippen LogP contribution is -2.53. The van der Waals surface area contributed by atoms with Gasteiger partial charge in [-0.05, 0) is 67.3 Å². The molecule has 6 heteroatoms. The van der Waals surface area contributed by atoms with Gasteiger partial charge in [0.1, 0.15) is 12.7 Å². The molecule has 166 valence electrons. The summed E-state index contributed by atoms with van der Waals surface area (Å²) in [4.78, 5) is 34.4. The summed E-state index contributed by atoms with van der Waals surface area (Å²) < 4.78 is 10.8. The van der Waals surface area contributed by atoms with E-state index in [1.807, 2.05) is 0 Å². The number of esters is 2. The normalized spacial score (nSPS) is 32.5. The highest BCUT2D eigenvalue weighted by Crippen LogP contribution is 2.61. The Bertz CT molecular complexity index is 777. The third-order valence-corrected chi connectivity index (χ3v) is 7.50. The largest absolute Gasteiger partial charge is 0.481 e. The summed E-state index contributed by atoms with van der Waals surface area (Å²) >= 11 is 0. The van der Waals surface area contributed by atoms with Crippen LogP contribution in [0.1, 0.15) is 72.6 Å². The molecule has 0 aromatic heterocycles. The van der Waals surface area contributed by atoms with Gasteiger partial charge in [0.05, 0.1) is 12.8 Å². The van der Waals surface area contributed by atoms with E-state index in [9.17, 15) is 14.4 Å². The van der Waals surface area contributed by atoms with E-state index < -0.39 is 11.9 Å². The van der Waals surface area contributed by atoms with Gasteiger partial charge in [0.15, 0.2) is 0 Å². The van der Waals surface area contributed by atoms with Crippen molar-refractivity contribution in [1.29, 1.82) is 0 Å². The molecule has 0 spiro atoms. The van der Waals surface area contributed by atoms with Crippen LogP contribution in [0.3, 0.4) is 0 Å². The number of rotatable bonds is 7. The van der Waals surface area contributed by atoms with E-state index in [-0.39, 0.29) is 35.7 Å². The molecule has 30 heavy (non-hydrogen) atoms. The van der Waals surface area contributed by atoms with Crippen molar-refractivity contribution in [3.63, 3.8) is 0 Å². The lowest BCUT2D eigenvalue weighted by Gasteiger charge is -2.58. The number of ether oxygens (including phenoxy) is 2. The fourth-order valence-electron chi connectivity index (χ4n) is 6.25. The number of hydrogen-bond donors (Lipinski definition) is 1. The lowest BCUT2D eigenvalue weighted by molar-refractivity contribution is -0.165. The molecule has 0 aromatic rings. The average Bonchev–Trinajstić information content (AvgIpc) is 3.03. The number of carbonyl (C=O) groups excluding carboxylic acids is 2. The van der Waals surface area contributed by atoms with Crippen LogP contribution in [-0.4, -0.2) is 35.7 Å². The maximum atomic E-state index is 12.2. The van der Waals surface area contributed by atoms with Crippen molar-refractivity contribution in [2.45, 2.75) is 78.7 Å². The molecule has 3 aliphatic rings. The molecule has 2 aliphatic carbocycles. The second kappa shape index (κ2) is 8.56. The Morgan fingerprint density at radius 2 is 1.97 bits per heavy atom. The van der Waals surface area contributed by atoms with E-state index in [0.717, 1.165) is 37.7 Å². The van der Waals surface area contributed by atoms with Crippen LogP contribution in [0.15, 0.2) is 23.3 Å². The smallest absolute Gasteiger partial charge is 0.331 e. The van der Waals surface area contributed by atoms with Crippen molar-refractivity contribution in [3.8, 4) is 0 Å². The van der Waals surface area contributed by atoms with E-state index in [4.69, 9.17) is 14.6 Å². The highest BCUT2D eigenvalue weighted by Gasteiger charge is 2.55. The predicted molar refractivity (Wildman–Crippen MR) is 112 cm³/mol. The third kappa shape index (κ3) is 4.79. The molecule has 1 saturated carbocycles. The Kier molecular flexibility index (Phi) is 6.44. The van der Waals surface area contributed by atoms with Crippen LogP contribution >= 0.6 is 0 Å². The number of carboxylic acid groups (broad SMARTS) is 1. The summed E-state index contributed by atoms with van der Waals surface area (Å²) in [7, 11) is 0. The molecule has 1 N–H and O–H groups in total. The lowest BCUT2D eigenvalue weighted by atomic mass is 9.47. The zero-order valence-corrected chi connectivity index (χ0v) is 18.5. The standard InChI is InChI=1S/C24H34O6/c1-15-5-8-19-23(2,3)12-17(30-21(27)10-9-20(25)26)13-24(19,4)18(15)7-6-16-11-22(28)29-14-16/h5,11,17-19H,6-10,12-14H2,1-4H3,(H,25,26)/t17-,18-,19+,24+/m0/s1. The van der Waals surface area contributed by atoms with Crippen molar-refractivity contribution in [3.05, 3.63) is 23.3 Å². The molecule has 1 fully saturated rings. The van der Waals surface area contributed by atoms with Crippen LogP contribution in [-0.2, 0) is 23.9 Å². The van der Waals surface area contributed by atoms with Gasteiger partial charge in [-0.15, -0.1) is 0 Å². The topological polar surface area (TPSA) is 89.9 Å². The Morgan fingerprint density at radius 1 is 1.23 bits per heavy atom. The van der Waals surface area contributed by atoms with Crippen molar-refractivity contribution in [1.82, 2.24) is 0 Å². The van der Waals surface area contributed by atoms with Gasteiger partial charge in [0.2, 0.25) is 0 Å². The van der Waals surface area contributed by atoms with Crippen LogP contribution in [0.25, 0.3) is 0 Å². The van der Waals surface area contributed by atoms with Crippen molar-refractivity contribution >= 4 is 17.9 Å². The second-order valence-electron chi connectivity index (χ2n) is 10.1. The number of allylic oxidation sites excluding steroid dienone is 2. The number of cyclic esters (lactones) is 1. The maximum Gasteiger partial charge on any atom is 0.331 e. The number of carboxylic acids is 1. The molecule has 0 amide bonds. The molecule has 0 radical (unpaired) electrons. The van der Waals surface area contributed by atoms with Crippen LogP contribution in [0, 0.1) is 22.7 Å². The molecular formula is C24H34O6. The third-order valence-electron chi connectivity index (χ3n) is 7.50. The van der Waals surface area contributed by atoms with Crippen LogP contribution in [0.4, 0.5) is 0 Å². The number of aliphatic carboxylic acids is 1. The zero-order chi connectivity index (χ0) is 22.1. The molecule has 0 saturated heterocycles. The summed E-state index contributed by atoms with van der Waals surface area (Å²) in [5.74, 6) is -0.848. The van der Waals surface area contributed by atoms with Crippen molar-refractivity contribution in [2.24, 2.45) is 22.7 Å². The minimum atomic E-state index is -0.986. The SMILES string of the molecule is CC1=CC[C@@H]2C(C)(C)C[C@H](OC(=O)CCC(=O)O)C[C@]2(C)[C@H]1CCC1=CC(=O)OC1. The summed E-state index contributed by atoms with van der Waals surface area (Å²) in [6, 6.07) is 0. The Hall–Kier alpha value is -2.11. The van der Waals surface area contributed by atoms with E-state index in [1.54, 1.807) is 6.08 Å². The predicted octanol–water partition coefficient (Wildman–Crippen LogP) is 4.44. The summed E-state index contributed by atoms with van der Waals surface area (Å²) in [5, 5.41) is 8.83. The Labute approximate surface area is 178 Å². The molecule has 0 unspecified atom stereocenters. The monoisotopic (exact) mass is 418 g/mol. The van der Waals surface area contributed by atoms with Gasteiger partial charge in [0.25, 0.3) is 0 Å². The average molecular weight is 419 g/mol. The quantitative estimate of drug-likeness (QED) is 0.486. The van der Waals surface area contributed by atoms with Crippen LogP contribution < -0.4 is 0 Å². The summed E-state index contributed by atoms with van der Waals surface area (Å²) in [6.07, 6.45) is 7.85. The van der Waals surface area contributed by atoms with Gasteiger partial charge in [0, 0.05) is 6.08 Å². The first-order chi connectivity index (χ1) is 14.0. The molecule has 6 nitrogen and oxygen atoms in total. The minimum Gasteiger partial charge on any atom is -0.481 e. The highest BCUT2D eigenvalue weighted by molar-refractivity contribution is 5.85. The highest BCUT2D eigenvalue weighted by atomic mass is 16.5. The molecule has 4 atom stereocenters. The number of hydrogen-bond acceptors (Lipinski definition) is 5. The van der Waals surface area contributed by atoms with Crippen LogP contribution in [0.5, 0.6) is 0 Å². The molecule has 0 aromatic carbocycles. The van der Waals surface area contributed by atoms with Crippen molar-refractivity contribution < 1.29 is 29.0 Å². The van der Waals surface area contributed by atoms with Gasteiger partial charge in [-0.1, -0.05) is 32.4 Å². The molecular weight excluding hydrogens is 384 g/mol. The molecule has 0 bridgehead atoms. The van der Waals surface area contributed by atoms with Gasteiger partial charge < -0.3 is 14.6 Å². The van der Waals surface area contributed by atoms with E-state index in [1.165, 1.54) is 5.57 Å². The van der Waals surface area contributed by atoms with E-state index >= 15 is 0 Å². The van der Waals surface area contributed by atoms with Crippen molar-refractivity contribution in [2.75, 3.05) is 6.61 Å². The minimum absolute atomic E-state index is 0.00585. The van der Waals surface area contributed by atoms with E-state index in [0.29, 0.717) is 18.4 Å². The Morgan fingerprint density at radius 3 is 2.60 bits per heavy atom. The van der Waals surface area contributed by atoms with Gasteiger partial charge >= 0.3 is 17.9 Å². The fraction of sp³-hybridized carbons (Fsp3) is 0.708. The van der Waals surface area contributed by atoms with Gasteiger partial charge in [-0.3, -0.25) is 9.59 Å². The fourth-order valence-corrected chi connectivity index (χ4v) is 6.25. The van der Waals surface area contributed by atoms with Gasteiger partial charge in [-0.25, -0.2) is 4.79 Å². The number of carbonyl (C=O) groups is 3. The summed E-state index contributed by atoms with van der Waals surface area (Å²) in [5.41, 5.74) is 2.40. The second-order valence-corrected chi connectivity index (χ2v) is 10.1. The van der Waals surface area contributed by atoms with Gasteiger partial charge in [-0.2, -0.15) is 0 Å². The molecule has 3 rings (SSSR count). The molecule has 1 aliphatic heterocycles. The maximum absolute atomic E-state index is 12.2. The first kappa shape index (κ1) is 22.6. The first-order valence-electron chi connectivity index (χ1n) is 11.0. The first-order valence-corrected chi connectivity index (χ1v) is 11.0. The molecule has 1 heterocycles. The summed E-state index contributed by atoms with van der Waals surface area (Å²) in [6.45, 7) is 9.41. The number of fused-ring (bicyclic) bond motifs is 1. The van der Waals surface area contributed by atoms with E-state index in [2.05, 4.69) is 33.8 Å².